The number of ether oxygens (including phenoxy) is 1. The number of esters is 1. The van der Waals surface area contributed by atoms with Crippen LogP contribution in [0, 0.1) is 0 Å². The molecule has 0 fully saturated rings. The Kier molecular flexibility index (Phi) is 5.55. The first-order valence-corrected chi connectivity index (χ1v) is 8.20. The molecule has 0 radical (unpaired) electrons. The predicted octanol–water partition coefficient (Wildman–Crippen LogP) is 3.64. The average Bonchev–Trinajstić information content (AvgIpc) is 2.95. The zero-order valence-electron chi connectivity index (χ0n) is 11.4. The molecule has 2 rings (SSSR count). The van der Waals surface area contributed by atoms with Crippen LogP contribution in [-0.4, -0.2) is 28.0 Å². The lowest BCUT2D eigenvalue weighted by molar-refractivity contribution is -0.144. The summed E-state index contributed by atoms with van der Waals surface area (Å²) in [6.45, 7) is 3.88. The van der Waals surface area contributed by atoms with Crippen LogP contribution < -0.4 is 0 Å². The second-order valence-electron chi connectivity index (χ2n) is 4.24. The van der Waals surface area contributed by atoms with E-state index in [4.69, 9.17) is 4.74 Å². The maximum atomic E-state index is 11.6. The van der Waals surface area contributed by atoms with Crippen molar-refractivity contribution in [1.29, 1.82) is 0 Å². The van der Waals surface area contributed by atoms with Gasteiger partial charge in [0.25, 0.3) is 0 Å². The molecular weight excluding hydrogens is 292 g/mol. The van der Waals surface area contributed by atoms with Crippen molar-refractivity contribution in [2.24, 2.45) is 0 Å². The monoisotopic (exact) mass is 308 g/mol. The number of carbonyl (C=O) groups is 1. The highest BCUT2D eigenvalue weighted by Gasteiger charge is 2.11. The van der Waals surface area contributed by atoms with Gasteiger partial charge in [-0.2, -0.15) is 0 Å². The minimum Gasteiger partial charge on any atom is -0.462 e. The molecule has 106 valence electrons. The van der Waals surface area contributed by atoms with Crippen LogP contribution in [-0.2, 0) is 9.53 Å². The van der Waals surface area contributed by atoms with E-state index in [1.165, 1.54) is 23.1 Å². The highest BCUT2D eigenvalue weighted by atomic mass is 32.2. The molecule has 2 aromatic rings. The van der Waals surface area contributed by atoms with Gasteiger partial charge >= 0.3 is 5.97 Å². The minimum absolute atomic E-state index is 0.0302. The SMILES string of the molecule is CCC(C)OC(=O)CSc1nnc(-c2ccccc2)s1. The summed E-state index contributed by atoms with van der Waals surface area (Å²) in [4.78, 5) is 11.6. The van der Waals surface area contributed by atoms with Gasteiger partial charge < -0.3 is 4.74 Å². The van der Waals surface area contributed by atoms with E-state index in [2.05, 4.69) is 10.2 Å². The fourth-order valence-electron chi connectivity index (χ4n) is 1.43. The van der Waals surface area contributed by atoms with Gasteiger partial charge in [0.05, 0.1) is 11.9 Å². The molecule has 0 saturated heterocycles. The van der Waals surface area contributed by atoms with Crippen LogP contribution in [0.5, 0.6) is 0 Å². The summed E-state index contributed by atoms with van der Waals surface area (Å²) in [5.41, 5.74) is 1.04. The topological polar surface area (TPSA) is 52.1 Å². The Morgan fingerprint density at radius 2 is 2.10 bits per heavy atom. The average molecular weight is 308 g/mol. The molecule has 1 unspecified atom stereocenters. The summed E-state index contributed by atoms with van der Waals surface area (Å²) >= 11 is 2.85. The number of thioether (sulfide) groups is 1. The standard InChI is InChI=1S/C14H16N2O2S2/c1-3-10(2)18-12(17)9-19-14-16-15-13(20-14)11-7-5-4-6-8-11/h4-8,10H,3,9H2,1-2H3. The molecular formula is C14H16N2O2S2. The molecule has 0 bridgehead atoms. The maximum Gasteiger partial charge on any atom is 0.316 e. The van der Waals surface area contributed by atoms with Gasteiger partial charge in [0.1, 0.15) is 5.01 Å². The van der Waals surface area contributed by atoms with Crippen molar-refractivity contribution in [3.63, 3.8) is 0 Å². The largest absolute Gasteiger partial charge is 0.462 e. The summed E-state index contributed by atoms with van der Waals surface area (Å²) in [5, 5.41) is 9.09. The van der Waals surface area contributed by atoms with E-state index < -0.39 is 0 Å². The van der Waals surface area contributed by atoms with Gasteiger partial charge in [0, 0.05) is 5.56 Å². The summed E-state index contributed by atoms with van der Waals surface area (Å²) in [5.74, 6) is 0.0640. The fourth-order valence-corrected chi connectivity index (χ4v) is 3.07. The van der Waals surface area contributed by atoms with Crippen LogP contribution in [0.25, 0.3) is 10.6 Å². The van der Waals surface area contributed by atoms with Crippen LogP contribution in [0.4, 0.5) is 0 Å². The number of rotatable bonds is 6. The van der Waals surface area contributed by atoms with Crippen molar-refractivity contribution in [3.8, 4) is 10.6 Å². The molecule has 0 aliphatic carbocycles. The van der Waals surface area contributed by atoms with Crippen LogP contribution in [0.1, 0.15) is 20.3 Å². The Morgan fingerprint density at radius 1 is 1.35 bits per heavy atom. The van der Waals surface area contributed by atoms with Crippen LogP contribution >= 0.6 is 23.1 Å². The van der Waals surface area contributed by atoms with E-state index >= 15 is 0 Å². The van der Waals surface area contributed by atoms with Crippen molar-refractivity contribution in [1.82, 2.24) is 10.2 Å². The summed E-state index contributed by atoms with van der Waals surface area (Å²) in [7, 11) is 0. The van der Waals surface area contributed by atoms with Crippen LogP contribution in [0.15, 0.2) is 34.7 Å². The molecule has 0 aliphatic heterocycles. The van der Waals surface area contributed by atoms with E-state index in [0.717, 1.165) is 21.3 Å². The number of aromatic nitrogens is 2. The summed E-state index contributed by atoms with van der Waals surface area (Å²) in [6, 6.07) is 9.88. The Bertz CT molecular complexity index is 557. The van der Waals surface area contributed by atoms with Gasteiger partial charge in [0.2, 0.25) is 0 Å². The molecule has 4 nitrogen and oxygen atoms in total. The molecule has 1 aromatic carbocycles. The first-order valence-electron chi connectivity index (χ1n) is 6.40. The first kappa shape index (κ1) is 15.0. The van der Waals surface area contributed by atoms with Crippen molar-refractivity contribution in [3.05, 3.63) is 30.3 Å². The van der Waals surface area contributed by atoms with E-state index in [0.29, 0.717) is 0 Å². The third kappa shape index (κ3) is 4.31. The minimum atomic E-state index is -0.208. The summed E-state index contributed by atoms with van der Waals surface area (Å²) < 4.78 is 5.99. The van der Waals surface area contributed by atoms with Gasteiger partial charge in [-0.05, 0) is 13.3 Å². The molecule has 1 atom stereocenters. The van der Waals surface area contributed by atoms with Crippen molar-refractivity contribution < 1.29 is 9.53 Å². The highest BCUT2D eigenvalue weighted by molar-refractivity contribution is 8.01. The number of benzene rings is 1. The van der Waals surface area contributed by atoms with Crippen LogP contribution in [0.3, 0.4) is 0 Å². The number of carbonyl (C=O) groups excluding carboxylic acids is 1. The number of hydrogen-bond acceptors (Lipinski definition) is 6. The van der Waals surface area contributed by atoms with E-state index in [1.807, 2.05) is 44.2 Å². The Hall–Kier alpha value is -1.40. The second-order valence-corrected chi connectivity index (χ2v) is 6.44. The normalized spacial score (nSPS) is 12.1. The van der Waals surface area contributed by atoms with Gasteiger partial charge in [0.15, 0.2) is 4.34 Å². The fraction of sp³-hybridized carbons (Fsp3) is 0.357. The Morgan fingerprint density at radius 3 is 2.80 bits per heavy atom. The third-order valence-corrected chi connectivity index (χ3v) is 4.73. The lowest BCUT2D eigenvalue weighted by Crippen LogP contribution is -2.15. The lowest BCUT2D eigenvalue weighted by Gasteiger charge is -2.09. The maximum absolute atomic E-state index is 11.6. The number of hydrogen-bond donors (Lipinski definition) is 0. The zero-order chi connectivity index (χ0) is 14.4. The first-order chi connectivity index (χ1) is 9.69. The van der Waals surface area contributed by atoms with Gasteiger partial charge in [-0.3, -0.25) is 4.79 Å². The molecule has 0 N–H and O–H groups in total. The quantitative estimate of drug-likeness (QED) is 0.602. The van der Waals surface area contributed by atoms with Gasteiger partial charge in [-0.1, -0.05) is 60.4 Å². The smallest absolute Gasteiger partial charge is 0.316 e. The van der Waals surface area contributed by atoms with E-state index in [9.17, 15) is 4.79 Å². The second kappa shape index (κ2) is 7.40. The lowest BCUT2D eigenvalue weighted by atomic mass is 10.2. The van der Waals surface area contributed by atoms with Crippen molar-refractivity contribution in [2.75, 3.05) is 5.75 Å². The zero-order valence-corrected chi connectivity index (χ0v) is 13.0. The van der Waals surface area contributed by atoms with Gasteiger partial charge in [-0.15, -0.1) is 10.2 Å². The van der Waals surface area contributed by atoms with Gasteiger partial charge in [-0.25, -0.2) is 0 Å². The molecule has 20 heavy (non-hydrogen) atoms. The van der Waals surface area contributed by atoms with E-state index in [-0.39, 0.29) is 17.8 Å². The summed E-state index contributed by atoms with van der Waals surface area (Å²) in [6.07, 6.45) is 0.797. The van der Waals surface area contributed by atoms with Crippen molar-refractivity contribution >= 4 is 29.1 Å². The molecule has 1 aromatic heterocycles. The predicted molar refractivity (Wildman–Crippen MR) is 81.9 cm³/mol. The van der Waals surface area contributed by atoms with E-state index in [1.54, 1.807) is 0 Å². The number of nitrogens with zero attached hydrogens (tertiary/aromatic N) is 2. The Balaban J connectivity index is 1.89. The third-order valence-electron chi connectivity index (χ3n) is 2.65. The molecule has 6 heteroatoms. The molecule has 0 spiro atoms. The molecule has 0 amide bonds. The molecule has 0 saturated carbocycles. The van der Waals surface area contributed by atoms with Crippen molar-refractivity contribution in [2.45, 2.75) is 30.7 Å². The highest BCUT2D eigenvalue weighted by Crippen LogP contribution is 2.29. The molecule has 0 aliphatic rings. The Labute approximate surface area is 126 Å². The van der Waals surface area contributed by atoms with Crippen LogP contribution in [0.2, 0.25) is 0 Å². The molecule has 1 heterocycles.